The van der Waals surface area contributed by atoms with Crippen LogP contribution in [0.5, 0.6) is 11.5 Å². The quantitative estimate of drug-likeness (QED) is 0.454. The van der Waals surface area contributed by atoms with E-state index in [1.165, 1.54) is 4.68 Å². The van der Waals surface area contributed by atoms with Crippen LogP contribution in [0.1, 0.15) is 29.9 Å². The normalized spacial score (nSPS) is 11.9. The smallest absolute Gasteiger partial charge is 0.278 e. The number of nitrogens with one attached hydrogen (secondary N) is 1. The summed E-state index contributed by atoms with van der Waals surface area (Å²) >= 11 is 0. The summed E-state index contributed by atoms with van der Waals surface area (Å²) < 4.78 is 13.6. The first kappa shape index (κ1) is 23.0. The van der Waals surface area contributed by atoms with Gasteiger partial charge in [0.25, 0.3) is 5.56 Å². The molecule has 1 atom stereocenters. The van der Waals surface area contributed by atoms with Gasteiger partial charge in [-0.05, 0) is 45.0 Å². The van der Waals surface area contributed by atoms with E-state index in [4.69, 9.17) is 9.47 Å². The van der Waals surface area contributed by atoms with E-state index < -0.39 is 6.04 Å². The molecule has 0 fully saturated rings. The Balaban J connectivity index is 1.63. The molecule has 0 aliphatic rings. The lowest BCUT2D eigenvalue weighted by atomic mass is 10.2. The number of rotatable bonds is 7. The van der Waals surface area contributed by atoms with Crippen LogP contribution in [0.3, 0.4) is 0 Å². The van der Waals surface area contributed by atoms with Crippen LogP contribution in [-0.4, -0.2) is 39.7 Å². The largest absolute Gasteiger partial charge is 0.497 e. The Labute approximate surface area is 196 Å². The summed E-state index contributed by atoms with van der Waals surface area (Å²) in [5.41, 5.74) is 3.07. The second kappa shape index (κ2) is 9.38. The third kappa shape index (κ3) is 4.12. The molecule has 176 valence electrons. The zero-order valence-electron chi connectivity index (χ0n) is 19.8. The number of ether oxygens (including phenoxy) is 2. The molecule has 0 saturated heterocycles. The number of hydrogen-bond donors (Lipinski definition) is 1. The number of amides is 1. The number of methoxy groups -OCH3 is 2. The van der Waals surface area contributed by atoms with Crippen LogP contribution in [0.15, 0.2) is 53.3 Å². The molecule has 34 heavy (non-hydrogen) atoms. The molecule has 2 heterocycles. The Morgan fingerprint density at radius 1 is 1.06 bits per heavy atom. The molecule has 9 heteroatoms. The van der Waals surface area contributed by atoms with Crippen LogP contribution < -0.4 is 20.3 Å². The van der Waals surface area contributed by atoms with Gasteiger partial charge in [-0.1, -0.05) is 18.2 Å². The number of nitrogens with zero attached hydrogens (tertiary/aromatic N) is 4. The highest BCUT2D eigenvalue weighted by Crippen LogP contribution is 2.25. The molecule has 2 aromatic heterocycles. The number of carbonyl (C=O) groups is 1. The second-order valence-corrected chi connectivity index (χ2v) is 7.96. The van der Waals surface area contributed by atoms with Crippen molar-refractivity contribution in [3.8, 4) is 17.2 Å². The van der Waals surface area contributed by atoms with Crippen molar-refractivity contribution in [1.29, 1.82) is 0 Å². The maximum Gasteiger partial charge on any atom is 0.278 e. The maximum atomic E-state index is 13.4. The summed E-state index contributed by atoms with van der Waals surface area (Å²) in [6.07, 6.45) is 0. The van der Waals surface area contributed by atoms with Gasteiger partial charge in [0, 0.05) is 18.2 Å². The molecule has 0 bridgehead atoms. The summed E-state index contributed by atoms with van der Waals surface area (Å²) in [5.74, 6) is 0.925. The van der Waals surface area contributed by atoms with Gasteiger partial charge in [-0.15, -0.1) is 0 Å². The summed E-state index contributed by atoms with van der Waals surface area (Å²) in [4.78, 5) is 26.3. The van der Waals surface area contributed by atoms with Crippen molar-refractivity contribution in [2.45, 2.75) is 33.4 Å². The van der Waals surface area contributed by atoms with E-state index in [9.17, 15) is 9.59 Å². The van der Waals surface area contributed by atoms with Crippen molar-refractivity contribution in [1.82, 2.24) is 24.9 Å². The van der Waals surface area contributed by atoms with E-state index in [0.717, 1.165) is 11.3 Å². The molecular formula is C25H27N5O4. The monoisotopic (exact) mass is 461 g/mol. The zero-order chi connectivity index (χ0) is 24.4. The summed E-state index contributed by atoms with van der Waals surface area (Å²) in [6, 6.07) is 14.1. The van der Waals surface area contributed by atoms with E-state index in [2.05, 4.69) is 15.5 Å². The molecule has 0 aliphatic carbocycles. The number of hydrogen-bond acceptors (Lipinski definition) is 6. The fraction of sp³-hybridized carbons (Fsp3) is 0.280. The predicted octanol–water partition coefficient (Wildman–Crippen LogP) is 3.09. The summed E-state index contributed by atoms with van der Waals surface area (Å²) in [7, 11) is 3.13. The van der Waals surface area contributed by atoms with E-state index in [0.29, 0.717) is 33.8 Å². The molecule has 4 aromatic rings. The molecular weight excluding hydrogens is 434 g/mol. The number of benzene rings is 2. The first-order chi connectivity index (χ1) is 16.3. The fourth-order valence-corrected chi connectivity index (χ4v) is 3.90. The highest BCUT2D eigenvalue weighted by atomic mass is 16.5. The SMILES string of the molecule is COc1ccc(CNC(=O)C(C)n2nc(C)c3nn(-c4ccccc4)c(C)c3c2=O)c(OC)c1. The Hall–Kier alpha value is -4.14. The first-order valence-corrected chi connectivity index (χ1v) is 10.9. The fourth-order valence-electron chi connectivity index (χ4n) is 3.90. The molecule has 0 saturated carbocycles. The first-order valence-electron chi connectivity index (χ1n) is 10.9. The minimum absolute atomic E-state index is 0.233. The van der Waals surface area contributed by atoms with Crippen molar-refractivity contribution in [2.24, 2.45) is 0 Å². The molecule has 1 N–H and O–H groups in total. The highest BCUT2D eigenvalue weighted by molar-refractivity contribution is 5.84. The predicted molar refractivity (Wildman–Crippen MR) is 129 cm³/mol. The molecule has 1 amide bonds. The van der Waals surface area contributed by atoms with Crippen LogP contribution in [0.4, 0.5) is 0 Å². The Kier molecular flexibility index (Phi) is 6.36. The summed E-state index contributed by atoms with van der Waals surface area (Å²) in [5, 5.41) is 12.3. The standard InChI is InChI=1S/C25H27N5O4/c1-15-23-22(16(2)29(28-23)19-9-7-6-8-10-19)25(32)30(27-15)17(3)24(31)26-14-18-11-12-20(33-4)13-21(18)34-5/h6-13,17H,14H2,1-5H3,(H,26,31). The number of fused-ring (bicyclic) bond motifs is 1. The molecule has 0 spiro atoms. The topological polar surface area (TPSA) is 100 Å². The molecule has 2 aromatic carbocycles. The Morgan fingerprint density at radius 3 is 2.47 bits per heavy atom. The number of carbonyl (C=O) groups excluding carboxylic acids is 1. The molecule has 9 nitrogen and oxygen atoms in total. The molecule has 0 aliphatic heterocycles. The van der Waals surface area contributed by atoms with Crippen LogP contribution >= 0.6 is 0 Å². The van der Waals surface area contributed by atoms with Crippen LogP contribution in [0.2, 0.25) is 0 Å². The minimum atomic E-state index is -0.820. The van der Waals surface area contributed by atoms with Crippen molar-refractivity contribution in [3.05, 3.63) is 75.8 Å². The lowest BCUT2D eigenvalue weighted by Crippen LogP contribution is -2.37. The third-order valence-corrected chi connectivity index (χ3v) is 5.83. The van der Waals surface area contributed by atoms with E-state index in [-0.39, 0.29) is 18.0 Å². The number of aryl methyl sites for hydroxylation is 2. The lowest BCUT2D eigenvalue weighted by Gasteiger charge is -2.16. The number of aromatic nitrogens is 4. The van der Waals surface area contributed by atoms with Crippen LogP contribution in [-0.2, 0) is 11.3 Å². The average molecular weight is 462 g/mol. The highest BCUT2D eigenvalue weighted by Gasteiger charge is 2.23. The van der Waals surface area contributed by atoms with Crippen molar-refractivity contribution in [3.63, 3.8) is 0 Å². The molecule has 0 radical (unpaired) electrons. The van der Waals surface area contributed by atoms with Crippen molar-refractivity contribution < 1.29 is 14.3 Å². The van der Waals surface area contributed by atoms with Gasteiger partial charge in [0.2, 0.25) is 5.91 Å². The minimum Gasteiger partial charge on any atom is -0.497 e. The van der Waals surface area contributed by atoms with Gasteiger partial charge in [-0.3, -0.25) is 9.59 Å². The third-order valence-electron chi connectivity index (χ3n) is 5.83. The lowest BCUT2D eigenvalue weighted by molar-refractivity contribution is -0.124. The van der Waals surface area contributed by atoms with Crippen molar-refractivity contribution in [2.75, 3.05) is 14.2 Å². The van der Waals surface area contributed by atoms with E-state index in [1.54, 1.807) is 44.9 Å². The second-order valence-electron chi connectivity index (χ2n) is 7.96. The average Bonchev–Trinajstić information content (AvgIpc) is 3.22. The Bertz CT molecular complexity index is 1410. The van der Waals surface area contributed by atoms with Gasteiger partial charge in [-0.25, -0.2) is 9.36 Å². The number of para-hydroxylation sites is 1. The van der Waals surface area contributed by atoms with Crippen LogP contribution in [0.25, 0.3) is 16.6 Å². The van der Waals surface area contributed by atoms with Crippen LogP contribution in [0, 0.1) is 13.8 Å². The van der Waals surface area contributed by atoms with E-state index >= 15 is 0 Å². The molecule has 1 unspecified atom stereocenters. The summed E-state index contributed by atoms with van der Waals surface area (Å²) in [6.45, 7) is 5.51. The molecule has 4 rings (SSSR count). The zero-order valence-corrected chi connectivity index (χ0v) is 19.8. The van der Waals surface area contributed by atoms with Gasteiger partial charge in [0.05, 0.1) is 36.7 Å². The van der Waals surface area contributed by atoms with Gasteiger partial charge < -0.3 is 14.8 Å². The van der Waals surface area contributed by atoms with Gasteiger partial charge >= 0.3 is 0 Å². The van der Waals surface area contributed by atoms with Gasteiger partial charge in [-0.2, -0.15) is 10.2 Å². The van der Waals surface area contributed by atoms with Crippen molar-refractivity contribution >= 4 is 16.8 Å². The Morgan fingerprint density at radius 2 is 1.79 bits per heavy atom. The van der Waals surface area contributed by atoms with Gasteiger partial charge in [0.1, 0.15) is 23.1 Å². The van der Waals surface area contributed by atoms with Gasteiger partial charge in [0.15, 0.2) is 0 Å². The maximum absolute atomic E-state index is 13.4. The van der Waals surface area contributed by atoms with E-state index in [1.807, 2.05) is 43.3 Å².